The molecular weight excluding hydrogens is 334 g/mol. The molecule has 0 amide bonds. The van der Waals surface area contributed by atoms with Gasteiger partial charge in [-0.1, -0.05) is 19.6 Å². The highest BCUT2D eigenvalue weighted by atomic mass is 32.2. The quantitative estimate of drug-likeness (QED) is 0.786. The van der Waals surface area contributed by atoms with Gasteiger partial charge in [0.05, 0.1) is 18.4 Å². The van der Waals surface area contributed by atoms with Crippen LogP contribution < -0.4 is 14.2 Å². The lowest BCUT2D eigenvalue weighted by Crippen LogP contribution is -2.48. The van der Waals surface area contributed by atoms with E-state index in [0.717, 1.165) is 0 Å². The maximum absolute atomic E-state index is 12.5. The molecule has 2 rings (SSSR count). The highest BCUT2D eigenvalue weighted by Gasteiger charge is 2.32. The van der Waals surface area contributed by atoms with Gasteiger partial charge in [0.15, 0.2) is 5.78 Å². The van der Waals surface area contributed by atoms with Gasteiger partial charge in [-0.05, 0) is 24.2 Å². The molecule has 0 saturated carbocycles. The molecule has 128 valence electrons. The molecule has 6 nitrogen and oxygen atoms in total. The Balaban J connectivity index is 2.12. The summed E-state index contributed by atoms with van der Waals surface area (Å²) in [7, 11) is -3.48. The number of Topliss-reactive ketones (excluding diaryl/α,β-unsaturated/α-hetero) is 1. The van der Waals surface area contributed by atoms with Crippen molar-refractivity contribution in [2.45, 2.75) is 31.7 Å². The number of carbonyl (C=O) groups is 1. The standard InChI is InChI=1S/C15H23NO5SSi/c1-20-11-5-6-14-12(9-11)15(17)13(10-21-14)16-22(18,19)7-8-23(2,3)4/h5-6,9,13,16H,7-8,10H2,1-4H3/t13-/m1/s1. The van der Waals surface area contributed by atoms with E-state index in [0.29, 0.717) is 23.1 Å². The summed E-state index contributed by atoms with van der Waals surface area (Å²) in [6, 6.07) is 4.68. The molecule has 0 fully saturated rings. The highest BCUT2D eigenvalue weighted by molar-refractivity contribution is 7.89. The number of methoxy groups -OCH3 is 1. The number of sulfonamides is 1. The van der Waals surface area contributed by atoms with Gasteiger partial charge in [0.1, 0.15) is 24.1 Å². The van der Waals surface area contributed by atoms with Crippen molar-refractivity contribution in [1.29, 1.82) is 0 Å². The highest BCUT2D eigenvalue weighted by Crippen LogP contribution is 2.28. The number of rotatable bonds is 6. The zero-order valence-electron chi connectivity index (χ0n) is 13.9. The molecular formula is C15H23NO5SSi. The van der Waals surface area contributed by atoms with E-state index < -0.39 is 24.1 Å². The van der Waals surface area contributed by atoms with Crippen molar-refractivity contribution >= 4 is 23.9 Å². The summed E-state index contributed by atoms with van der Waals surface area (Å²) in [4.78, 5) is 12.5. The Hall–Kier alpha value is -1.38. The van der Waals surface area contributed by atoms with E-state index in [9.17, 15) is 13.2 Å². The average Bonchev–Trinajstić information content (AvgIpc) is 2.47. The summed E-state index contributed by atoms with van der Waals surface area (Å²) < 4.78 is 37.5. The molecule has 1 aliphatic heterocycles. The zero-order valence-corrected chi connectivity index (χ0v) is 15.7. The summed E-state index contributed by atoms with van der Waals surface area (Å²) in [5.41, 5.74) is 0.341. The zero-order chi connectivity index (χ0) is 17.3. The van der Waals surface area contributed by atoms with Gasteiger partial charge in [-0.15, -0.1) is 0 Å². The third-order valence-corrected chi connectivity index (χ3v) is 7.11. The second kappa shape index (κ2) is 6.62. The van der Waals surface area contributed by atoms with Crippen LogP contribution in [0.15, 0.2) is 18.2 Å². The monoisotopic (exact) mass is 357 g/mol. The predicted octanol–water partition coefficient (Wildman–Crippen LogP) is 1.90. The van der Waals surface area contributed by atoms with E-state index in [1.165, 1.54) is 7.11 Å². The van der Waals surface area contributed by atoms with Gasteiger partial charge in [-0.2, -0.15) is 0 Å². The second-order valence-electron chi connectivity index (χ2n) is 6.84. The van der Waals surface area contributed by atoms with Crippen molar-refractivity contribution in [3.63, 3.8) is 0 Å². The minimum atomic E-state index is -3.51. The summed E-state index contributed by atoms with van der Waals surface area (Å²) in [6.45, 7) is 6.34. The maximum Gasteiger partial charge on any atom is 0.212 e. The summed E-state index contributed by atoms with van der Waals surface area (Å²) in [5.74, 6) is 0.732. The number of ether oxygens (including phenoxy) is 2. The van der Waals surface area contributed by atoms with E-state index in [2.05, 4.69) is 24.4 Å². The fraction of sp³-hybridized carbons (Fsp3) is 0.533. The van der Waals surface area contributed by atoms with Crippen LogP contribution >= 0.6 is 0 Å². The summed E-state index contributed by atoms with van der Waals surface area (Å²) in [6.07, 6.45) is 0. The van der Waals surface area contributed by atoms with Crippen LogP contribution in [0.5, 0.6) is 11.5 Å². The number of benzene rings is 1. The van der Waals surface area contributed by atoms with Crippen molar-refractivity contribution in [2.24, 2.45) is 0 Å². The molecule has 1 aromatic carbocycles. The lowest BCUT2D eigenvalue weighted by molar-refractivity contribution is 0.0887. The molecule has 1 N–H and O–H groups in total. The topological polar surface area (TPSA) is 81.7 Å². The largest absolute Gasteiger partial charge is 0.497 e. The molecule has 0 aliphatic carbocycles. The van der Waals surface area contributed by atoms with E-state index in [1.54, 1.807) is 18.2 Å². The smallest absolute Gasteiger partial charge is 0.212 e. The lowest BCUT2D eigenvalue weighted by Gasteiger charge is -2.25. The third kappa shape index (κ3) is 4.79. The van der Waals surface area contributed by atoms with Crippen molar-refractivity contribution < 1.29 is 22.7 Å². The summed E-state index contributed by atoms with van der Waals surface area (Å²) >= 11 is 0. The molecule has 23 heavy (non-hydrogen) atoms. The molecule has 0 radical (unpaired) electrons. The molecule has 0 spiro atoms. The van der Waals surface area contributed by atoms with Gasteiger partial charge in [-0.3, -0.25) is 4.79 Å². The minimum Gasteiger partial charge on any atom is -0.497 e. The number of fused-ring (bicyclic) bond motifs is 1. The predicted molar refractivity (Wildman–Crippen MR) is 91.7 cm³/mol. The Morgan fingerprint density at radius 1 is 1.35 bits per heavy atom. The second-order valence-corrected chi connectivity index (χ2v) is 14.3. The van der Waals surface area contributed by atoms with Crippen LogP contribution in [-0.4, -0.2) is 47.8 Å². The van der Waals surface area contributed by atoms with Gasteiger partial charge >= 0.3 is 0 Å². The Morgan fingerprint density at radius 2 is 2.04 bits per heavy atom. The fourth-order valence-corrected chi connectivity index (χ4v) is 6.45. The van der Waals surface area contributed by atoms with Crippen LogP contribution in [0.2, 0.25) is 25.7 Å². The van der Waals surface area contributed by atoms with Crippen LogP contribution in [0, 0.1) is 0 Å². The Kier molecular flexibility index (Phi) is 5.17. The number of carbonyl (C=O) groups excluding carboxylic acids is 1. The molecule has 0 aromatic heterocycles. The van der Waals surface area contributed by atoms with Crippen molar-refractivity contribution in [3.05, 3.63) is 23.8 Å². The Morgan fingerprint density at radius 3 is 2.65 bits per heavy atom. The van der Waals surface area contributed by atoms with Crippen LogP contribution in [0.1, 0.15) is 10.4 Å². The minimum absolute atomic E-state index is 0.00430. The van der Waals surface area contributed by atoms with Gasteiger partial charge in [0.25, 0.3) is 0 Å². The first-order valence-electron chi connectivity index (χ1n) is 7.46. The van der Waals surface area contributed by atoms with Crippen LogP contribution in [-0.2, 0) is 10.0 Å². The van der Waals surface area contributed by atoms with Crippen LogP contribution in [0.25, 0.3) is 0 Å². The maximum atomic E-state index is 12.5. The van der Waals surface area contributed by atoms with Crippen molar-refractivity contribution in [3.8, 4) is 11.5 Å². The molecule has 0 unspecified atom stereocenters. The lowest BCUT2D eigenvalue weighted by atomic mass is 10.0. The first-order valence-corrected chi connectivity index (χ1v) is 12.8. The van der Waals surface area contributed by atoms with Gasteiger partial charge in [-0.25, -0.2) is 13.1 Å². The summed E-state index contributed by atoms with van der Waals surface area (Å²) in [5, 5.41) is 0. The molecule has 0 saturated heterocycles. The fourth-order valence-electron chi connectivity index (χ4n) is 2.19. The molecule has 1 atom stereocenters. The molecule has 8 heteroatoms. The first-order chi connectivity index (χ1) is 10.6. The van der Waals surface area contributed by atoms with E-state index in [1.807, 2.05) is 0 Å². The van der Waals surface area contributed by atoms with Crippen molar-refractivity contribution in [1.82, 2.24) is 4.72 Å². The van der Waals surface area contributed by atoms with Gasteiger partial charge in [0, 0.05) is 8.07 Å². The van der Waals surface area contributed by atoms with Gasteiger partial charge < -0.3 is 9.47 Å². The molecule has 1 heterocycles. The third-order valence-electron chi connectivity index (χ3n) is 3.62. The number of ketones is 1. The SMILES string of the molecule is COc1ccc2c(c1)C(=O)[C@H](NS(=O)(=O)CC[Si](C)(C)C)CO2. The molecule has 1 aromatic rings. The van der Waals surface area contributed by atoms with E-state index in [4.69, 9.17) is 9.47 Å². The molecule has 1 aliphatic rings. The van der Waals surface area contributed by atoms with Gasteiger partial charge in [0.2, 0.25) is 10.0 Å². The van der Waals surface area contributed by atoms with Crippen LogP contribution in [0.4, 0.5) is 0 Å². The van der Waals surface area contributed by atoms with E-state index in [-0.39, 0.29) is 18.1 Å². The number of hydrogen-bond donors (Lipinski definition) is 1. The Bertz CT molecular complexity index is 696. The number of hydrogen-bond acceptors (Lipinski definition) is 5. The number of nitrogens with one attached hydrogen (secondary N) is 1. The Labute approximate surface area is 138 Å². The normalized spacial score (nSPS) is 18.3. The molecule has 0 bridgehead atoms. The van der Waals surface area contributed by atoms with E-state index >= 15 is 0 Å². The van der Waals surface area contributed by atoms with Crippen LogP contribution in [0.3, 0.4) is 0 Å². The average molecular weight is 358 g/mol. The first kappa shape index (κ1) is 18.0. The van der Waals surface area contributed by atoms with Crippen molar-refractivity contribution in [2.75, 3.05) is 19.5 Å².